The number of aromatic nitrogens is 2. The summed E-state index contributed by atoms with van der Waals surface area (Å²) in [6, 6.07) is 1.94. The van der Waals surface area contributed by atoms with Crippen LogP contribution in [0.3, 0.4) is 0 Å². The van der Waals surface area contributed by atoms with Gasteiger partial charge >= 0.3 is 6.09 Å². The van der Waals surface area contributed by atoms with Gasteiger partial charge in [-0.15, -0.1) is 0 Å². The number of nitrogen functional groups attached to an aromatic ring is 1. The van der Waals surface area contributed by atoms with Crippen molar-refractivity contribution in [3.8, 4) is 0 Å². The molecule has 8 heteroatoms. The predicted octanol–water partition coefficient (Wildman–Crippen LogP) is 1.84. The van der Waals surface area contributed by atoms with Gasteiger partial charge in [-0.05, 0) is 39.5 Å². The van der Waals surface area contributed by atoms with Crippen LogP contribution in [-0.2, 0) is 4.74 Å². The summed E-state index contributed by atoms with van der Waals surface area (Å²) < 4.78 is 5.24. The molecule has 2 heterocycles. The summed E-state index contributed by atoms with van der Waals surface area (Å²) in [5, 5.41) is 6.15. The summed E-state index contributed by atoms with van der Waals surface area (Å²) in [6.07, 6.45) is 2.21. The molecule has 0 atom stereocenters. The Hall–Kier alpha value is -2.25. The van der Waals surface area contributed by atoms with Gasteiger partial charge in [-0.25, -0.2) is 4.79 Å². The highest BCUT2D eigenvalue weighted by Gasteiger charge is 2.29. The number of carbonyl (C=O) groups is 1. The first-order valence-electron chi connectivity index (χ1n) is 8.89. The Labute approximate surface area is 148 Å². The maximum absolute atomic E-state index is 11.7. The lowest BCUT2D eigenvalue weighted by atomic mass is 10.0. The third-order valence-electron chi connectivity index (χ3n) is 4.21. The van der Waals surface area contributed by atoms with Gasteiger partial charge in [0.15, 0.2) is 0 Å². The van der Waals surface area contributed by atoms with E-state index in [0.29, 0.717) is 12.5 Å². The molecule has 1 aliphatic heterocycles. The number of hydrogen-bond donors (Lipinski definition) is 3. The van der Waals surface area contributed by atoms with Crippen LogP contribution >= 0.6 is 0 Å². The van der Waals surface area contributed by atoms with Gasteiger partial charge in [-0.3, -0.25) is 0 Å². The topological polar surface area (TPSA) is 105 Å². The van der Waals surface area contributed by atoms with Gasteiger partial charge in [-0.2, -0.15) is 9.97 Å². The number of carbonyl (C=O) groups excluding carboxylic acids is 1. The van der Waals surface area contributed by atoms with E-state index in [2.05, 4.69) is 25.5 Å². The predicted molar refractivity (Wildman–Crippen MR) is 97.6 cm³/mol. The van der Waals surface area contributed by atoms with Crippen LogP contribution in [0.15, 0.2) is 6.07 Å². The number of alkyl carbamates (subject to hydrolysis) is 1. The third kappa shape index (κ3) is 5.37. The minimum absolute atomic E-state index is 0.283. The van der Waals surface area contributed by atoms with Crippen molar-refractivity contribution in [2.45, 2.75) is 39.2 Å². The van der Waals surface area contributed by atoms with Crippen molar-refractivity contribution < 1.29 is 9.53 Å². The quantitative estimate of drug-likeness (QED) is 0.720. The van der Waals surface area contributed by atoms with E-state index in [9.17, 15) is 4.79 Å². The van der Waals surface area contributed by atoms with E-state index in [-0.39, 0.29) is 12.0 Å². The van der Waals surface area contributed by atoms with Crippen LogP contribution in [0.1, 0.15) is 33.6 Å². The number of amides is 1. The molecule has 1 aromatic rings. The van der Waals surface area contributed by atoms with Crippen LogP contribution in [0.5, 0.6) is 0 Å². The number of ether oxygens (including phenoxy) is 1. The monoisotopic (exact) mass is 348 g/mol. The first kappa shape index (κ1) is 17.6. The second-order valence-electron chi connectivity index (χ2n) is 7.95. The summed E-state index contributed by atoms with van der Waals surface area (Å²) in [5.74, 6) is 3.05. The third-order valence-corrected chi connectivity index (χ3v) is 4.21. The molecule has 4 N–H and O–H groups in total. The van der Waals surface area contributed by atoms with E-state index in [1.807, 2.05) is 26.8 Å². The summed E-state index contributed by atoms with van der Waals surface area (Å²) >= 11 is 0. The lowest BCUT2D eigenvalue weighted by molar-refractivity contribution is 0.0516. The number of nitrogens with two attached hydrogens (primary N) is 1. The molecule has 138 valence electrons. The number of anilines is 3. The van der Waals surface area contributed by atoms with Gasteiger partial charge in [0, 0.05) is 38.2 Å². The molecular formula is C17H28N6O2. The lowest BCUT2D eigenvalue weighted by Gasteiger charge is -2.40. The Kier molecular flexibility index (Phi) is 4.87. The van der Waals surface area contributed by atoms with Crippen LogP contribution < -0.4 is 21.3 Å². The smallest absolute Gasteiger partial charge is 0.407 e. The zero-order valence-electron chi connectivity index (χ0n) is 15.2. The first-order valence-corrected chi connectivity index (χ1v) is 8.89. The van der Waals surface area contributed by atoms with E-state index in [1.54, 1.807) is 0 Å². The molecule has 25 heavy (non-hydrogen) atoms. The van der Waals surface area contributed by atoms with Gasteiger partial charge in [-0.1, -0.05) is 0 Å². The molecule has 0 bridgehead atoms. The molecule has 1 amide bonds. The number of rotatable bonds is 6. The van der Waals surface area contributed by atoms with Crippen LogP contribution in [0, 0.1) is 11.8 Å². The van der Waals surface area contributed by atoms with Crippen molar-refractivity contribution in [2.75, 3.05) is 42.1 Å². The summed E-state index contributed by atoms with van der Waals surface area (Å²) in [4.78, 5) is 22.4. The van der Waals surface area contributed by atoms with E-state index >= 15 is 0 Å². The molecule has 1 aromatic heterocycles. The van der Waals surface area contributed by atoms with E-state index < -0.39 is 5.60 Å². The fourth-order valence-corrected chi connectivity index (χ4v) is 2.70. The Bertz CT molecular complexity index is 620. The molecule has 0 spiro atoms. The largest absolute Gasteiger partial charge is 0.444 e. The van der Waals surface area contributed by atoms with Crippen LogP contribution in [0.25, 0.3) is 0 Å². The molecule has 2 fully saturated rings. The van der Waals surface area contributed by atoms with E-state index in [0.717, 1.165) is 37.2 Å². The second-order valence-corrected chi connectivity index (χ2v) is 7.95. The molecule has 8 nitrogen and oxygen atoms in total. The van der Waals surface area contributed by atoms with Gasteiger partial charge in [0.2, 0.25) is 5.95 Å². The number of hydrogen-bond acceptors (Lipinski definition) is 7. The summed E-state index contributed by atoms with van der Waals surface area (Å²) in [7, 11) is 0. The summed E-state index contributed by atoms with van der Waals surface area (Å²) in [5.41, 5.74) is 5.35. The van der Waals surface area contributed by atoms with E-state index in [1.165, 1.54) is 12.8 Å². The van der Waals surface area contributed by atoms with Crippen molar-refractivity contribution in [3.05, 3.63) is 6.07 Å². The molecule has 1 aliphatic carbocycles. The highest BCUT2D eigenvalue weighted by molar-refractivity contribution is 5.67. The van der Waals surface area contributed by atoms with Gasteiger partial charge in [0.1, 0.15) is 17.2 Å². The molecule has 0 radical (unpaired) electrons. The fourth-order valence-electron chi connectivity index (χ4n) is 2.70. The van der Waals surface area contributed by atoms with Crippen molar-refractivity contribution >= 4 is 23.7 Å². The molecule has 3 rings (SSSR count). The summed E-state index contributed by atoms with van der Waals surface area (Å²) in [6.45, 7) is 8.75. The molecule has 0 aromatic carbocycles. The highest BCUT2D eigenvalue weighted by Crippen LogP contribution is 2.30. The normalized spacial score (nSPS) is 17.8. The first-order chi connectivity index (χ1) is 11.8. The fraction of sp³-hybridized carbons (Fsp3) is 0.706. The van der Waals surface area contributed by atoms with Crippen LogP contribution in [0.4, 0.5) is 22.4 Å². The van der Waals surface area contributed by atoms with Gasteiger partial charge in [0.25, 0.3) is 0 Å². The van der Waals surface area contributed by atoms with Crippen molar-refractivity contribution in [2.24, 2.45) is 11.8 Å². The van der Waals surface area contributed by atoms with Gasteiger partial charge in [0.05, 0.1) is 0 Å². The minimum atomic E-state index is -0.474. The van der Waals surface area contributed by atoms with Crippen molar-refractivity contribution in [1.29, 1.82) is 0 Å². The minimum Gasteiger partial charge on any atom is -0.444 e. The molecule has 2 aliphatic rings. The Morgan fingerprint density at radius 3 is 2.64 bits per heavy atom. The Balaban J connectivity index is 1.44. The van der Waals surface area contributed by atoms with Crippen LogP contribution in [-0.4, -0.2) is 47.8 Å². The lowest BCUT2D eigenvalue weighted by Crippen LogP contribution is -2.52. The Morgan fingerprint density at radius 1 is 1.28 bits per heavy atom. The standard InChI is InChI=1S/C17H28N6O2/c1-17(2,3)25-16(24)20-8-12-9-23(10-12)14-6-13(21-15(18)22-14)19-7-11-4-5-11/h6,11-12H,4-5,7-10H2,1-3H3,(H,20,24)(H3,18,19,21,22). The van der Waals surface area contributed by atoms with Gasteiger partial charge < -0.3 is 26.0 Å². The second kappa shape index (κ2) is 6.93. The number of nitrogens with one attached hydrogen (secondary N) is 2. The maximum atomic E-state index is 11.7. The molecule has 0 unspecified atom stereocenters. The molecule has 1 saturated heterocycles. The Morgan fingerprint density at radius 2 is 2.00 bits per heavy atom. The number of nitrogens with zero attached hydrogens (tertiary/aromatic N) is 3. The van der Waals surface area contributed by atoms with Crippen molar-refractivity contribution in [1.82, 2.24) is 15.3 Å². The van der Waals surface area contributed by atoms with Crippen molar-refractivity contribution in [3.63, 3.8) is 0 Å². The maximum Gasteiger partial charge on any atom is 0.407 e. The molecular weight excluding hydrogens is 320 g/mol. The molecule has 1 saturated carbocycles. The van der Waals surface area contributed by atoms with E-state index in [4.69, 9.17) is 10.5 Å². The average Bonchev–Trinajstić information content (AvgIpc) is 3.25. The zero-order valence-corrected chi connectivity index (χ0v) is 15.2. The zero-order chi connectivity index (χ0) is 18.0. The van der Waals surface area contributed by atoms with Crippen LogP contribution in [0.2, 0.25) is 0 Å². The average molecular weight is 348 g/mol. The highest BCUT2D eigenvalue weighted by atomic mass is 16.6. The SMILES string of the molecule is CC(C)(C)OC(=O)NCC1CN(c2cc(NCC3CC3)nc(N)n2)C1.